The van der Waals surface area contributed by atoms with E-state index in [0.717, 1.165) is 36.1 Å². The van der Waals surface area contributed by atoms with E-state index in [9.17, 15) is 15.0 Å². The molecule has 0 spiro atoms. The summed E-state index contributed by atoms with van der Waals surface area (Å²) in [7, 11) is 1.69. The zero-order chi connectivity index (χ0) is 29.5. The van der Waals surface area contributed by atoms with Crippen molar-refractivity contribution in [2.75, 3.05) is 19.0 Å². The second-order valence-electron chi connectivity index (χ2n) is 11.0. The van der Waals surface area contributed by atoms with E-state index in [1.165, 1.54) is 28.2 Å². The average molecular weight is 584 g/mol. The molecule has 222 valence electrons. The zero-order valence-electron chi connectivity index (χ0n) is 23.6. The Labute approximate surface area is 247 Å². The normalized spacial score (nSPS) is 21.8. The molecule has 1 aliphatic heterocycles. The number of rotatable bonds is 10. The number of benzene rings is 2. The van der Waals surface area contributed by atoms with E-state index in [-0.39, 0.29) is 6.04 Å². The maximum absolute atomic E-state index is 12.5. The van der Waals surface area contributed by atoms with Crippen LogP contribution in [-0.4, -0.2) is 78.2 Å². The van der Waals surface area contributed by atoms with Crippen molar-refractivity contribution in [1.82, 2.24) is 29.4 Å². The molecule has 4 N–H and O–H groups in total. The van der Waals surface area contributed by atoms with Gasteiger partial charge in [0.2, 0.25) is 0 Å². The molecular formula is C31H33N7O5. The Balaban J connectivity index is 1.07. The second kappa shape index (κ2) is 11.3. The minimum Gasteiger partial charge on any atom is -0.496 e. The number of fused-ring (bicyclic) bond motifs is 2. The van der Waals surface area contributed by atoms with Crippen molar-refractivity contribution >= 4 is 33.8 Å². The van der Waals surface area contributed by atoms with E-state index in [1.54, 1.807) is 7.11 Å². The molecule has 7 rings (SSSR count). The number of carbonyl (C=O) groups excluding carboxylic acids is 1. The Morgan fingerprint density at radius 2 is 1.86 bits per heavy atom. The fraction of sp³-hybridized carbons (Fsp3) is 0.355. The molecule has 12 heteroatoms. The van der Waals surface area contributed by atoms with Gasteiger partial charge >= 0.3 is 0 Å². The minimum atomic E-state index is -1.37. The highest BCUT2D eigenvalue weighted by molar-refractivity contribution is 5.85. The van der Waals surface area contributed by atoms with Gasteiger partial charge in [-0.1, -0.05) is 36.4 Å². The van der Waals surface area contributed by atoms with Gasteiger partial charge in [0, 0.05) is 35.2 Å². The van der Waals surface area contributed by atoms with Gasteiger partial charge in [0.1, 0.15) is 24.3 Å². The third-order valence-electron chi connectivity index (χ3n) is 8.14. The minimum absolute atomic E-state index is 0.110. The molecule has 1 saturated carbocycles. The number of para-hydroxylation sites is 2. The summed E-state index contributed by atoms with van der Waals surface area (Å²) < 4.78 is 15.2. The van der Waals surface area contributed by atoms with Crippen molar-refractivity contribution in [3.05, 3.63) is 78.5 Å². The number of nitrogens with one attached hydrogen (secondary N) is 2. The van der Waals surface area contributed by atoms with Crippen LogP contribution in [0.1, 0.15) is 30.2 Å². The Morgan fingerprint density at radius 1 is 1.05 bits per heavy atom. The van der Waals surface area contributed by atoms with Crippen molar-refractivity contribution in [2.45, 2.75) is 56.4 Å². The summed E-state index contributed by atoms with van der Waals surface area (Å²) in [4.78, 5) is 25.8. The van der Waals surface area contributed by atoms with E-state index in [1.807, 2.05) is 30.3 Å². The fourth-order valence-electron chi connectivity index (χ4n) is 5.77. The van der Waals surface area contributed by atoms with Gasteiger partial charge in [0.05, 0.1) is 20.0 Å². The maximum atomic E-state index is 12.5. The van der Waals surface area contributed by atoms with Crippen LogP contribution in [0, 0.1) is 0 Å². The predicted molar refractivity (Wildman–Crippen MR) is 159 cm³/mol. The molecule has 0 radical (unpaired) electrons. The van der Waals surface area contributed by atoms with Crippen molar-refractivity contribution in [3.63, 3.8) is 0 Å². The van der Waals surface area contributed by atoms with Crippen LogP contribution in [0.4, 0.5) is 5.82 Å². The molecular weight excluding hydrogens is 550 g/mol. The average Bonchev–Trinajstić information content (AvgIpc) is 3.51. The first-order valence-electron chi connectivity index (χ1n) is 14.4. The lowest BCUT2D eigenvalue weighted by Gasteiger charge is -2.16. The van der Waals surface area contributed by atoms with E-state index in [4.69, 9.17) is 9.47 Å². The van der Waals surface area contributed by atoms with Crippen molar-refractivity contribution < 1.29 is 24.5 Å². The smallest absolute Gasteiger partial charge is 0.252 e. The number of hydrogen-bond acceptors (Lipinski definition) is 9. The summed E-state index contributed by atoms with van der Waals surface area (Å²) in [5.74, 6) is 0.970. The molecule has 2 fully saturated rings. The Bertz CT molecular complexity index is 1780. The topological polar surface area (TPSA) is 149 Å². The molecule has 5 aromatic rings. The Hall–Kier alpha value is -4.52. The SMILES string of the molecule is COc1ccccc1Cn1cc(CCNc2ncnc3c2ncn3[C@@H]2O[C@H](C(=O)NC3CC3)[C@@H](O)[C@H]2O)c2ccccc21. The third kappa shape index (κ3) is 5.18. The quantitative estimate of drug-likeness (QED) is 0.194. The van der Waals surface area contributed by atoms with Crippen LogP contribution < -0.4 is 15.4 Å². The molecule has 2 aliphatic rings. The highest BCUT2D eigenvalue weighted by atomic mass is 16.6. The summed E-state index contributed by atoms with van der Waals surface area (Å²) in [5, 5.41) is 28.7. The van der Waals surface area contributed by atoms with Crippen molar-refractivity contribution in [1.29, 1.82) is 0 Å². The molecule has 0 bridgehead atoms. The molecule has 1 amide bonds. The van der Waals surface area contributed by atoms with E-state index < -0.39 is 30.4 Å². The second-order valence-corrected chi connectivity index (χ2v) is 11.0. The summed E-state index contributed by atoms with van der Waals surface area (Å²) >= 11 is 0. The number of imidazole rings is 1. The lowest BCUT2D eigenvalue weighted by Crippen LogP contribution is -2.43. The number of aromatic nitrogens is 5. The molecule has 0 unspecified atom stereocenters. The van der Waals surface area contributed by atoms with Crippen LogP contribution in [0.2, 0.25) is 0 Å². The summed E-state index contributed by atoms with van der Waals surface area (Å²) in [5.41, 5.74) is 4.37. The first-order valence-corrected chi connectivity index (χ1v) is 14.4. The number of methoxy groups -OCH3 is 1. The number of ether oxygens (including phenoxy) is 2. The van der Waals surface area contributed by atoms with Crippen LogP contribution in [0.25, 0.3) is 22.1 Å². The van der Waals surface area contributed by atoms with Gasteiger partial charge in [-0.2, -0.15) is 0 Å². The number of amides is 1. The number of anilines is 1. The van der Waals surface area contributed by atoms with Crippen LogP contribution in [0.15, 0.2) is 67.4 Å². The summed E-state index contributed by atoms with van der Waals surface area (Å²) in [6.45, 7) is 1.28. The van der Waals surface area contributed by atoms with Crippen LogP contribution in [-0.2, 0) is 22.5 Å². The fourth-order valence-corrected chi connectivity index (χ4v) is 5.77. The summed E-state index contributed by atoms with van der Waals surface area (Å²) in [6.07, 6.45) is 2.74. The molecule has 4 atom stereocenters. The van der Waals surface area contributed by atoms with Gasteiger partial charge in [-0.15, -0.1) is 0 Å². The van der Waals surface area contributed by atoms with Gasteiger partial charge in [-0.25, -0.2) is 15.0 Å². The van der Waals surface area contributed by atoms with Crippen molar-refractivity contribution in [2.24, 2.45) is 0 Å². The first-order chi connectivity index (χ1) is 21.0. The predicted octanol–water partition coefficient (Wildman–Crippen LogP) is 2.39. The van der Waals surface area contributed by atoms with Crippen LogP contribution >= 0.6 is 0 Å². The van der Waals surface area contributed by atoms with Gasteiger partial charge in [0.25, 0.3) is 5.91 Å². The highest BCUT2D eigenvalue weighted by Gasteiger charge is 2.48. The van der Waals surface area contributed by atoms with Crippen LogP contribution in [0.3, 0.4) is 0 Å². The summed E-state index contributed by atoms with van der Waals surface area (Å²) in [6, 6.07) is 16.5. The number of carbonyl (C=O) groups is 1. The number of aliphatic hydroxyl groups excluding tert-OH is 2. The zero-order valence-corrected chi connectivity index (χ0v) is 23.6. The monoisotopic (exact) mass is 583 g/mol. The van der Waals surface area contributed by atoms with Gasteiger partial charge in [-0.3, -0.25) is 9.36 Å². The number of aliphatic hydroxyl groups is 2. The molecule has 1 aliphatic carbocycles. The maximum Gasteiger partial charge on any atom is 0.252 e. The lowest BCUT2D eigenvalue weighted by molar-refractivity contribution is -0.137. The third-order valence-corrected chi connectivity index (χ3v) is 8.14. The number of hydrogen-bond donors (Lipinski definition) is 4. The van der Waals surface area contributed by atoms with Crippen molar-refractivity contribution in [3.8, 4) is 5.75 Å². The Kier molecular flexibility index (Phi) is 7.17. The molecule has 43 heavy (non-hydrogen) atoms. The molecule has 3 aromatic heterocycles. The first kappa shape index (κ1) is 27.3. The van der Waals surface area contributed by atoms with E-state index in [2.05, 4.69) is 54.5 Å². The van der Waals surface area contributed by atoms with Gasteiger partial charge in [0.15, 0.2) is 29.3 Å². The molecule has 4 heterocycles. The van der Waals surface area contributed by atoms with Gasteiger partial charge < -0.3 is 34.9 Å². The number of nitrogens with zero attached hydrogens (tertiary/aromatic N) is 5. The molecule has 2 aromatic carbocycles. The van der Waals surface area contributed by atoms with E-state index >= 15 is 0 Å². The standard InChI is InChI=1S/C31H33N7O5/c1-42-23-9-5-2-6-19(23)15-37-14-18(21-7-3-4-8-22(21)37)12-13-32-28-24-29(34-16-33-28)38(17-35-24)31-26(40)25(39)27(43-31)30(41)36-20-10-11-20/h2-9,14,16-17,20,25-27,31,39-40H,10-13,15H2,1H3,(H,36,41)(H,32,33,34)/t25-,26+,27-,31+/m0/s1. The Morgan fingerprint density at radius 3 is 2.70 bits per heavy atom. The molecule has 12 nitrogen and oxygen atoms in total. The largest absolute Gasteiger partial charge is 0.496 e. The highest BCUT2D eigenvalue weighted by Crippen LogP contribution is 2.33. The lowest BCUT2D eigenvalue weighted by atomic mass is 10.1. The van der Waals surface area contributed by atoms with Gasteiger partial charge in [-0.05, 0) is 37.0 Å². The molecule has 1 saturated heterocycles. The van der Waals surface area contributed by atoms with Crippen LogP contribution in [0.5, 0.6) is 5.75 Å². The van der Waals surface area contributed by atoms with E-state index in [0.29, 0.717) is 30.1 Å².